The number of ether oxygens (including phenoxy) is 2. The Bertz CT molecular complexity index is 678. The predicted molar refractivity (Wildman–Crippen MR) is 91.7 cm³/mol. The molecule has 0 aliphatic carbocycles. The van der Waals surface area contributed by atoms with Crippen molar-refractivity contribution in [1.82, 2.24) is 5.32 Å². The van der Waals surface area contributed by atoms with Gasteiger partial charge in [-0.05, 0) is 49.4 Å². The van der Waals surface area contributed by atoms with Crippen molar-refractivity contribution in [2.75, 3.05) is 12.4 Å². The lowest BCUT2D eigenvalue weighted by atomic mass is 10.3. The Morgan fingerprint density at radius 3 is 2.39 bits per heavy atom. The van der Waals surface area contributed by atoms with Crippen LogP contribution in [0.5, 0.6) is 11.5 Å². The molecule has 2 amide bonds. The molecule has 0 aliphatic heterocycles. The van der Waals surface area contributed by atoms with Crippen molar-refractivity contribution in [3.8, 4) is 11.5 Å². The van der Waals surface area contributed by atoms with Gasteiger partial charge in [0.15, 0.2) is 6.23 Å². The molecule has 2 aromatic carbocycles. The van der Waals surface area contributed by atoms with Gasteiger partial charge in [-0.2, -0.15) is 0 Å². The molecule has 0 bridgehead atoms. The Morgan fingerprint density at radius 2 is 1.74 bits per heavy atom. The highest BCUT2D eigenvalue weighted by Gasteiger charge is 2.11. The van der Waals surface area contributed by atoms with Crippen LogP contribution in [0.2, 0.25) is 10.0 Å². The average molecular weight is 355 g/mol. The van der Waals surface area contributed by atoms with Crippen LogP contribution in [0.25, 0.3) is 0 Å². The molecule has 2 N–H and O–H groups in total. The van der Waals surface area contributed by atoms with Crippen LogP contribution in [0.4, 0.5) is 10.5 Å². The van der Waals surface area contributed by atoms with Crippen LogP contribution in [0.15, 0.2) is 42.5 Å². The molecule has 0 heterocycles. The third kappa shape index (κ3) is 5.23. The molecule has 122 valence electrons. The number of benzene rings is 2. The molecule has 0 saturated heterocycles. The monoisotopic (exact) mass is 354 g/mol. The van der Waals surface area contributed by atoms with Gasteiger partial charge in [-0.1, -0.05) is 23.2 Å². The number of methoxy groups -OCH3 is 1. The molecule has 1 unspecified atom stereocenters. The summed E-state index contributed by atoms with van der Waals surface area (Å²) in [4.78, 5) is 12.0. The summed E-state index contributed by atoms with van der Waals surface area (Å²) in [6, 6.07) is 11.4. The van der Waals surface area contributed by atoms with Gasteiger partial charge in [0.1, 0.15) is 11.5 Å². The smallest absolute Gasteiger partial charge is 0.322 e. The lowest BCUT2D eigenvalue weighted by Gasteiger charge is -2.17. The lowest BCUT2D eigenvalue weighted by molar-refractivity contribution is 0.183. The van der Waals surface area contributed by atoms with Crippen LogP contribution < -0.4 is 20.1 Å². The van der Waals surface area contributed by atoms with Gasteiger partial charge >= 0.3 is 6.03 Å². The maximum atomic E-state index is 12.0. The second-order valence-electron chi connectivity index (χ2n) is 4.66. The standard InChI is InChI=1S/C16H16Cl2N2O3/c1-10(23-13-6-3-11(17)4-7-13)19-16(21)20-14-9-12(18)5-8-15(14)22-2/h3-10H,1-2H3,(H2,19,20,21). The van der Waals surface area contributed by atoms with Crippen LogP contribution in [-0.4, -0.2) is 19.4 Å². The van der Waals surface area contributed by atoms with Crippen LogP contribution in [0, 0.1) is 0 Å². The van der Waals surface area contributed by atoms with E-state index < -0.39 is 12.3 Å². The van der Waals surface area contributed by atoms with Gasteiger partial charge in [0.2, 0.25) is 0 Å². The van der Waals surface area contributed by atoms with Gasteiger partial charge in [-0.25, -0.2) is 4.79 Å². The van der Waals surface area contributed by atoms with E-state index in [2.05, 4.69) is 10.6 Å². The van der Waals surface area contributed by atoms with Crippen LogP contribution in [-0.2, 0) is 0 Å². The Hall–Kier alpha value is -2.11. The van der Waals surface area contributed by atoms with E-state index in [1.54, 1.807) is 49.4 Å². The summed E-state index contributed by atoms with van der Waals surface area (Å²) in [5.74, 6) is 1.11. The Balaban J connectivity index is 1.94. The molecule has 1 atom stereocenters. The molecule has 0 saturated carbocycles. The summed E-state index contributed by atoms with van der Waals surface area (Å²) in [5, 5.41) is 6.43. The molecule has 5 nitrogen and oxygen atoms in total. The van der Waals surface area contributed by atoms with Crippen molar-refractivity contribution in [3.63, 3.8) is 0 Å². The van der Waals surface area contributed by atoms with Gasteiger partial charge in [0.05, 0.1) is 12.8 Å². The highest BCUT2D eigenvalue weighted by atomic mass is 35.5. The fourth-order valence-corrected chi connectivity index (χ4v) is 2.17. The lowest BCUT2D eigenvalue weighted by Crippen LogP contribution is -2.39. The highest BCUT2D eigenvalue weighted by Crippen LogP contribution is 2.27. The predicted octanol–water partition coefficient (Wildman–Crippen LogP) is 4.55. The van der Waals surface area contributed by atoms with E-state index in [1.165, 1.54) is 7.11 Å². The zero-order chi connectivity index (χ0) is 16.8. The van der Waals surface area contributed by atoms with E-state index in [-0.39, 0.29) is 0 Å². The molecular formula is C16H16Cl2N2O3. The van der Waals surface area contributed by atoms with Crippen molar-refractivity contribution < 1.29 is 14.3 Å². The molecule has 0 spiro atoms. The second-order valence-corrected chi connectivity index (χ2v) is 5.53. The molecule has 23 heavy (non-hydrogen) atoms. The van der Waals surface area contributed by atoms with Crippen molar-refractivity contribution in [2.45, 2.75) is 13.2 Å². The first-order valence-electron chi connectivity index (χ1n) is 6.81. The minimum atomic E-state index is -0.540. The number of hydrogen-bond donors (Lipinski definition) is 2. The summed E-state index contributed by atoms with van der Waals surface area (Å²) in [5.41, 5.74) is 0.469. The third-order valence-electron chi connectivity index (χ3n) is 2.87. The van der Waals surface area contributed by atoms with E-state index in [0.717, 1.165) is 0 Å². The van der Waals surface area contributed by atoms with Gasteiger partial charge in [0, 0.05) is 10.0 Å². The molecular weight excluding hydrogens is 339 g/mol. The first-order chi connectivity index (χ1) is 11.0. The first kappa shape index (κ1) is 17.2. The second kappa shape index (κ2) is 7.94. The van der Waals surface area contributed by atoms with Gasteiger partial charge in [-0.3, -0.25) is 0 Å². The van der Waals surface area contributed by atoms with E-state index in [1.807, 2.05) is 0 Å². The molecule has 0 radical (unpaired) electrons. The van der Waals surface area contributed by atoms with Crippen LogP contribution >= 0.6 is 23.2 Å². The summed E-state index contributed by atoms with van der Waals surface area (Å²) >= 11 is 11.7. The van der Waals surface area contributed by atoms with Crippen LogP contribution in [0.3, 0.4) is 0 Å². The average Bonchev–Trinajstić information content (AvgIpc) is 2.49. The zero-order valence-corrected chi connectivity index (χ0v) is 14.1. The number of amides is 2. The number of carbonyl (C=O) groups is 1. The fraction of sp³-hybridized carbons (Fsp3) is 0.188. The van der Waals surface area contributed by atoms with Crippen LogP contribution in [0.1, 0.15) is 6.92 Å². The fourth-order valence-electron chi connectivity index (χ4n) is 1.87. The number of urea groups is 1. The topological polar surface area (TPSA) is 59.6 Å². The molecule has 2 rings (SSSR count). The highest BCUT2D eigenvalue weighted by molar-refractivity contribution is 6.31. The zero-order valence-electron chi connectivity index (χ0n) is 12.6. The van der Waals surface area contributed by atoms with Gasteiger partial charge in [-0.15, -0.1) is 0 Å². The van der Waals surface area contributed by atoms with E-state index in [9.17, 15) is 4.79 Å². The number of carbonyl (C=O) groups excluding carboxylic acids is 1. The van der Waals surface area contributed by atoms with Gasteiger partial charge < -0.3 is 20.1 Å². The Kier molecular flexibility index (Phi) is 5.96. The van der Waals surface area contributed by atoms with E-state index >= 15 is 0 Å². The largest absolute Gasteiger partial charge is 0.495 e. The van der Waals surface area contributed by atoms with Crippen molar-refractivity contribution in [2.24, 2.45) is 0 Å². The SMILES string of the molecule is COc1ccc(Cl)cc1NC(=O)NC(C)Oc1ccc(Cl)cc1. The quantitative estimate of drug-likeness (QED) is 0.774. The summed E-state index contributed by atoms with van der Waals surface area (Å²) < 4.78 is 10.7. The number of halogens is 2. The van der Waals surface area contributed by atoms with Crippen molar-refractivity contribution >= 4 is 34.9 Å². The minimum Gasteiger partial charge on any atom is -0.495 e. The summed E-state index contributed by atoms with van der Waals surface area (Å²) in [7, 11) is 1.51. The minimum absolute atomic E-state index is 0.438. The Morgan fingerprint density at radius 1 is 1.09 bits per heavy atom. The van der Waals surface area contributed by atoms with Crippen molar-refractivity contribution in [1.29, 1.82) is 0 Å². The Labute approximate surface area is 144 Å². The molecule has 0 fully saturated rings. The number of hydrogen-bond acceptors (Lipinski definition) is 3. The third-order valence-corrected chi connectivity index (χ3v) is 3.36. The maximum absolute atomic E-state index is 12.0. The molecule has 0 aromatic heterocycles. The van der Waals surface area contributed by atoms with Gasteiger partial charge in [0.25, 0.3) is 0 Å². The molecule has 7 heteroatoms. The first-order valence-corrected chi connectivity index (χ1v) is 7.57. The number of nitrogens with one attached hydrogen (secondary N) is 2. The van der Waals surface area contributed by atoms with E-state index in [0.29, 0.717) is 27.2 Å². The normalized spacial score (nSPS) is 11.5. The number of rotatable bonds is 5. The maximum Gasteiger partial charge on any atom is 0.322 e. The number of anilines is 1. The molecule has 2 aromatic rings. The molecule has 0 aliphatic rings. The van der Waals surface area contributed by atoms with Crippen molar-refractivity contribution in [3.05, 3.63) is 52.5 Å². The van der Waals surface area contributed by atoms with E-state index in [4.69, 9.17) is 32.7 Å². The summed E-state index contributed by atoms with van der Waals surface area (Å²) in [6.45, 7) is 1.71. The summed E-state index contributed by atoms with van der Waals surface area (Å²) in [6.07, 6.45) is -0.540.